The number of nitrogens with one attached hydrogen (secondary N) is 1. The van der Waals surface area contributed by atoms with Crippen LogP contribution in [0.25, 0.3) is 0 Å². The first kappa shape index (κ1) is 13.5. The Morgan fingerprint density at radius 3 is 2.47 bits per heavy atom. The summed E-state index contributed by atoms with van der Waals surface area (Å²) in [6, 6.07) is 1.99. The van der Waals surface area contributed by atoms with Crippen LogP contribution in [0, 0.1) is 35.5 Å². The summed E-state index contributed by atoms with van der Waals surface area (Å²) in [4.78, 5) is 11.7. The number of hydrogen-bond acceptors (Lipinski definition) is 2. The molecule has 15 heavy (non-hydrogen) atoms. The van der Waals surface area contributed by atoms with Gasteiger partial charge < -0.3 is 5.32 Å². The van der Waals surface area contributed by atoms with E-state index in [4.69, 9.17) is 11.7 Å². The monoisotopic (exact) mass is 206 g/mol. The van der Waals surface area contributed by atoms with Gasteiger partial charge >= 0.3 is 0 Å². The summed E-state index contributed by atoms with van der Waals surface area (Å²) >= 11 is 0. The minimum absolute atomic E-state index is 0.0166. The summed E-state index contributed by atoms with van der Waals surface area (Å²) in [5.41, 5.74) is 0. The zero-order chi connectivity index (χ0) is 11.8. The number of nitrogens with zero attached hydrogens (tertiary/aromatic N) is 1. The summed E-state index contributed by atoms with van der Waals surface area (Å²) in [7, 11) is 0. The number of terminal acetylenes is 1. The standard InChI is InChI=1S/C12H18N2O/c1-5-7-10(6-2)14-12(15)11(8-13)9(3)4/h1,9-11H,6-7H2,2-4H3,(H,14,15). The maximum absolute atomic E-state index is 11.7. The third-order valence-electron chi connectivity index (χ3n) is 2.29. The molecule has 0 saturated heterocycles. The fourth-order valence-electron chi connectivity index (χ4n) is 1.24. The lowest BCUT2D eigenvalue weighted by atomic mass is 9.96. The highest BCUT2D eigenvalue weighted by molar-refractivity contribution is 5.81. The average molecular weight is 206 g/mol. The van der Waals surface area contributed by atoms with Crippen molar-refractivity contribution in [2.24, 2.45) is 11.8 Å². The van der Waals surface area contributed by atoms with E-state index in [9.17, 15) is 4.79 Å². The second kappa shape index (κ2) is 6.90. The number of rotatable bonds is 5. The van der Waals surface area contributed by atoms with Crippen LogP contribution in [0.1, 0.15) is 33.6 Å². The van der Waals surface area contributed by atoms with Crippen LogP contribution in [0.4, 0.5) is 0 Å². The molecule has 0 bridgehead atoms. The van der Waals surface area contributed by atoms with Crippen LogP contribution >= 0.6 is 0 Å². The normalized spacial score (nSPS) is 13.7. The molecule has 1 amide bonds. The molecule has 0 aromatic heterocycles. The van der Waals surface area contributed by atoms with Crippen molar-refractivity contribution < 1.29 is 4.79 Å². The molecule has 0 radical (unpaired) electrons. The van der Waals surface area contributed by atoms with Gasteiger partial charge in [0.2, 0.25) is 5.91 Å². The second-order valence-corrected chi connectivity index (χ2v) is 3.87. The fraction of sp³-hybridized carbons (Fsp3) is 0.667. The molecular formula is C12H18N2O. The smallest absolute Gasteiger partial charge is 0.237 e. The molecule has 82 valence electrons. The molecule has 0 aliphatic heterocycles. The van der Waals surface area contributed by atoms with Crippen LogP contribution in [-0.2, 0) is 4.79 Å². The third-order valence-corrected chi connectivity index (χ3v) is 2.29. The van der Waals surface area contributed by atoms with Gasteiger partial charge in [-0.25, -0.2) is 0 Å². The van der Waals surface area contributed by atoms with Gasteiger partial charge in [0.25, 0.3) is 0 Å². The number of nitriles is 1. The molecule has 2 atom stereocenters. The Hall–Kier alpha value is -1.48. The van der Waals surface area contributed by atoms with Crippen molar-refractivity contribution in [2.45, 2.75) is 39.7 Å². The van der Waals surface area contributed by atoms with E-state index < -0.39 is 5.92 Å². The van der Waals surface area contributed by atoms with Crippen LogP contribution in [-0.4, -0.2) is 11.9 Å². The molecule has 0 aromatic rings. The van der Waals surface area contributed by atoms with Crippen LogP contribution < -0.4 is 5.32 Å². The largest absolute Gasteiger partial charge is 0.351 e. The van der Waals surface area contributed by atoms with Crippen molar-refractivity contribution in [1.82, 2.24) is 5.32 Å². The van der Waals surface area contributed by atoms with Gasteiger partial charge in [-0.1, -0.05) is 20.8 Å². The van der Waals surface area contributed by atoms with E-state index in [1.807, 2.05) is 26.8 Å². The Kier molecular flexibility index (Phi) is 6.22. The fourth-order valence-corrected chi connectivity index (χ4v) is 1.24. The third kappa shape index (κ3) is 4.51. The highest BCUT2D eigenvalue weighted by Gasteiger charge is 2.23. The zero-order valence-corrected chi connectivity index (χ0v) is 9.58. The maximum atomic E-state index is 11.7. The van der Waals surface area contributed by atoms with Gasteiger partial charge in [0.1, 0.15) is 5.92 Å². The van der Waals surface area contributed by atoms with E-state index in [0.717, 1.165) is 6.42 Å². The van der Waals surface area contributed by atoms with Gasteiger partial charge in [-0.05, 0) is 12.3 Å². The summed E-state index contributed by atoms with van der Waals surface area (Å²) in [5, 5.41) is 11.6. The van der Waals surface area contributed by atoms with Gasteiger partial charge in [-0.2, -0.15) is 5.26 Å². The minimum Gasteiger partial charge on any atom is -0.351 e. The first-order valence-electron chi connectivity index (χ1n) is 5.20. The van der Waals surface area contributed by atoms with Crippen LogP contribution in [0.5, 0.6) is 0 Å². The lowest BCUT2D eigenvalue weighted by molar-refractivity contribution is -0.125. The van der Waals surface area contributed by atoms with Gasteiger partial charge in [0.05, 0.1) is 6.07 Å². The van der Waals surface area contributed by atoms with E-state index in [1.54, 1.807) is 0 Å². The first-order valence-corrected chi connectivity index (χ1v) is 5.20. The van der Waals surface area contributed by atoms with E-state index >= 15 is 0 Å². The second-order valence-electron chi connectivity index (χ2n) is 3.87. The Bertz CT molecular complexity index is 283. The highest BCUT2D eigenvalue weighted by atomic mass is 16.1. The molecule has 3 nitrogen and oxygen atoms in total. The molecule has 0 saturated carbocycles. The predicted molar refractivity (Wildman–Crippen MR) is 59.6 cm³/mol. The van der Waals surface area contributed by atoms with E-state index in [1.165, 1.54) is 0 Å². The minimum atomic E-state index is -0.586. The Labute approximate surface area is 91.9 Å². The molecule has 0 aliphatic carbocycles. The van der Waals surface area contributed by atoms with Crippen LogP contribution in [0.2, 0.25) is 0 Å². The van der Waals surface area contributed by atoms with Crippen molar-refractivity contribution in [2.75, 3.05) is 0 Å². The van der Waals surface area contributed by atoms with Crippen LogP contribution in [0.3, 0.4) is 0 Å². The van der Waals surface area contributed by atoms with E-state index in [2.05, 4.69) is 11.2 Å². The lowest BCUT2D eigenvalue weighted by Crippen LogP contribution is -2.39. The SMILES string of the molecule is C#CCC(CC)NC(=O)C(C#N)C(C)C. The first-order chi connectivity index (χ1) is 7.06. The average Bonchev–Trinajstić information content (AvgIpc) is 2.17. The van der Waals surface area contributed by atoms with Crippen molar-refractivity contribution in [3.05, 3.63) is 0 Å². The predicted octanol–water partition coefficient (Wildman–Crippen LogP) is 1.70. The number of carbonyl (C=O) groups is 1. The molecule has 3 heteroatoms. The molecule has 0 heterocycles. The summed E-state index contributed by atoms with van der Waals surface area (Å²) in [5.74, 6) is 1.74. The summed E-state index contributed by atoms with van der Waals surface area (Å²) in [6.45, 7) is 5.67. The molecule has 0 aliphatic rings. The quantitative estimate of drug-likeness (QED) is 0.696. The number of amides is 1. The Morgan fingerprint density at radius 1 is 1.53 bits per heavy atom. The van der Waals surface area contributed by atoms with Gasteiger partial charge in [-0.3, -0.25) is 4.79 Å². The summed E-state index contributed by atoms with van der Waals surface area (Å²) < 4.78 is 0. The van der Waals surface area contributed by atoms with E-state index in [0.29, 0.717) is 6.42 Å². The summed E-state index contributed by atoms with van der Waals surface area (Å²) in [6.07, 6.45) is 6.48. The topological polar surface area (TPSA) is 52.9 Å². The van der Waals surface area contributed by atoms with Gasteiger partial charge in [0, 0.05) is 12.5 Å². The molecule has 2 unspecified atom stereocenters. The number of carbonyl (C=O) groups excluding carboxylic acids is 1. The van der Waals surface area contributed by atoms with Crippen molar-refractivity contribution in [3.8, 4) is 18.4 Å². The molecule has 0 aromatic carbocycles. The van der Waals surface area contributed by atoms with Crippen molar-refractivity contribution >= 4 is 5.91 Å². The lowest BCUT2D eigenvalue weighted by Gasteiger charge is -2.18. The van der Waals surface area contributed by atoms with E-state index in [-0.39, 0.29) is 17.9 Å². The molecule has 0 spiro atoms. The van der Waals surface area contributed by atoms with Crippen molar-refractivity contribution in [3.63, 3.8) is 0 Å². The molecular weight excluding hydrogens is 188 g/mol. The van der Waals surface area contributed by atoms with Crippen molar-refractivity contribution in [1.29, 1.82) is 5.26 Å². The van der Waals surface area contributed by atoms with Gasteiger partial charge in [-0.15, -0.1) is 12.3 Å². The maximum Gasteiger partial charge on any atom is 0.237 e. The highest BCUT2D eigenvalue weighted by Crippen LogP contribution is 2.10. The Balaban J connectivity index is 4.34. The Morgan fingerprint density at radius 2 is 2.13 bits per heavy atom. The number of hydrogen-bond donors (Lipinski definition) is 1. The zero-order valence-electron chi connectivity index (χ0n) is 9.58. The molecule has 0 rings (SSSR count). The van der Waals surface area contributed by atoms with Crippen LogP contribution in [0.15, 0.2) is 0 Å². The van der Waals surface area contributed by atoms with Gasteiger partial charge in [0.15, 0.2) is 0 Å². The molecule has 1 N–H and O–H groups in total. The molecule has 0 fully saturated rings.